The van der Waals surface area contributed by atoms with Gasteiger partial charge in [0.2, 0.25) is 0 Å². The number of aryl methyl sites for hydroxylation is 2. The molecule has 0 spiro atoms. The lowest BCUT2D eigenvalue weighted by atomic mass is 9.99. The van der Waals surface area contributed by atoms with Gasteiger partial charge in [-0.25, -0.2) is 0 Å². The van der Waals surface area contributed by atoms with Crippen LogP contribution in [0.2, 0.25) is 0 Å². The number of hydrogen-bond donors (Lipinski definition) is 2. The number of hydrogen-bond acceptors (Lipinski definition) is 3. The summed E-state index contributed by atoms with van der Waals surface area (Å²) in [5.41, 5.74) is 7.70. The second kappa shape index (κ2) is 8.98. The Kier molecular flexibility index (Phi) is 7.56. The monoisotopic (exact) mass is 369 g/mol. The molecule has 0 saturated heterocycles. The molecular formula is C19H26F3N3O. The number of allylic oxidation sites excluding steroid dienone is 1. The van der Waals surface area contributed by atoms with Gasteiger partial charge in [-0.05, 0) is 56.9 Å². The van der Waals surface area contributed by atoms with Crippen molar-refractivity contribution in [3.05, 3.63) is 46.0 Å². The average Bonchev–Trinajstić information content (AvgIpc) is 2.52. The molecule has 144 valence electrons. The van der Waals surface area contributed by atoms with E-state index in [-0.39, 0.29) is 6.54 Å². The van der Waals surface area contributed by atoms with E-state index in [0.717, 1.165) is 28.3 Å². The van der Waals surface area contributed by atoms with Gasteiger partial charge >= 0.3 is 6.18 Å². The molecule has 0 saturated carbocycles. The maximum atomic E-state index is 13.3. The Hall–Kier alpha value is -2.15. The Bertz CT molecular complexity index is 696. The Labute approximate surface area is 152 Å². The standard InChI is InChI=1S/C19H26F3N3O/c1-6-15(17(19(20,21)22)25-11(2)3)18(26)24-10-16-12(4)7-14(9-23)8-13(16)5/h6-8,11H,9-10,23H2,1-5H3,(H,24,26)/b15-6+,25-17?. The highest BCUT2D eigenvalue weighted by atomic mass is 19.4. The van der Waals surface area contributed by atoms with E-state index in [1.165, 1.54) is 20.8 Å². The molecule has 1 rings (SSSR count). The van der Waals surface area contributed by atoms with E-state index in [0.29, 0.717) is 6.54 Å². The summed E-state index contributed by atoms with van der Waals surface area (Å²) in [6, 6.07) is 3.24. The highest BCUT2D eigenvalue weighted by Gasteiger charge is 2.40. The van der Waals surface area contributed by atoms with Crippen molar-refractivity contribution in [2.45, 2.75) is 59.9 Å². The number of aliphatic imine (C=N–C) groups is 1. The van der Waals surface area contributed by atoms with Gasteiger partial charge in [0, 0.05) is 19.1 Å². The van der Waals surface area contributed by atoms with Gasteiger partial charge in [-0.3, -0.25) is 9.79 Å². The van der Waals surface area contributed by atoms with E-state index in [4.69, 9.17) is 5.73 Å². The Morgan fingerprint density at radius 1 is 1.27 bits per heavy atom. The van der Waals surface area contributed by atoms with E-state index in [9.17, 15) is 18.0 Å². The SMILES string of the molecule is C/C=C(/C(=O)NCc1c(C)cc(CN)cc1C)C(=NC(C)C)C(F)(F)F. The minimum Gasteiger partial charge on any atom is -0.348 e. The largest absolute Gasteiger partial charge is 0.433 e. The highest BCUT2D eigenvalue weighted by Crippen LogP contribution is 2.24. The van der Waals surface area contributed by atoms with Crippen LogP contribution in [0.3, 0.4) is 0 Å². The van der Waals surface area contributed by atoms with Gasteiger partial charge < -0.3 is 11.1 Å². The first kappa shape index (κ1) is 21.9. The van der Waals surface area contributed by atoms with Crippen LogP contribution in [0.5, 0.6) is 0 Å². The Balaban J connectivity index is 3.06. The summed E-state index contributed by atoms with van der Waals surface area (Å²) < 4.78 is 39.9. The summed E-state index contributed by atoms with van der Waals surface area (Å²) in [5.74, 6) is -0.800. The molecule has 26 heavy (non-hydrogen) atoms. The minimum absolute atomic E-state index is 0.130. The molecule has 0 aliphatic rings. The normalized spacial score (nSPS) is 13.3. The van der Waals surface area contributed by atoms with Crippen LogP contribution in [0.25, 0.3) is 0 Å². The van der Waals surface area contributed by atoms with Crippen molar-refractivity contribution in [1.82, 2.24) is 5.32 Å². The fraction of sp³-hybridized carbons (Fsp3) is 0.474. The highest BCUT2D eigenvalue weighted by molar-refractivity contribution is 6.23. The molecule has 0 aliphatic heterocycles. The topological polar surface area (TPSA) is 67.5 Å². The molecule has 4 nitrogen and oxygen atoms in total. The van der Waals surface area contributed by atoms with Gasteiger partial charge in [0.15, 0.2) is 5.71 Å². The van der Waals surface area contributed by atoms with Crippen LogP contribution in [-0.4, -0.2) is 23.8 Å². The molecule has 3 N–H and O–H groups in total. The van der Waals surface area contributed by atoms with Crippen LogP contribution in [0.4, 0.5) is 13.2 Å². The zero-order valence-corrected chi connectivity index (χ0v) is 15.8. The number of carbonyl (C=O) groups excluding carboxylic acids is 1. The second-order valence-corrected chi connectivity index (χ2v) is 6.37. The molecular weight excluding hydrogens is 343 g/mol. The van der Waals surface area contributed by atoms with Gasteiger partial charge in [-0.1, -0.05) is 18.2 Å². The van der Waals surface area contributed by atoms with Crippen LogP contribution >= 0.6 is 0 Å². The number of halogens is 3. The maximum Gasteiger partial charge on any atom is 0.433 e. The summed E-state index contributed by atoms with van der Waals surface area (Å²) >= 11 is 0. The number of nitrogens with zero attached hydrogens (tertiary/aromatic N) is 1. The third-order valence-electron chi connectivity index (χ3n) is 3.86. The third-order valence-corrected chi connectivity index (χ3v) is 3.86. The van der Waals surface area contributed by atoms with Gasteiger partial charge in [-0.15, -0.1) is 0 Å². The molecule has 0 bridgehead atoms. The Morgan fingerprint density at radius 3 is 2.19 bits per heavy atom. The summed E-state index contributed by atoms with van der Waals surface area (Å²) in [7, 11) is 0. The number of amides is 1. The van der Waals surface area contributed by atoms with Crippen molar-refractivity contribution in [2.24, 2.45) is 10.7 Å². The van der Waals surface area contributed by atoms with Crippen LogP contribution in [0.1, 0.15) is 43.0 Å². The van der Waals surface area contributed by atoms with E-state index in [1.807, 2.05) is 26.0 Å². The maximum absolute atomic E-state index is 13.3. The molecule has 0 heterocycles. The molecule has 1 aromatic carbocycles. The fourth-order valence-corrected chi connectivity index (χ4v) is 2.67. The van der Waals surface area contributed by atoms with Crippen molar-refractivity contribution >= 4 is 11.6 Å². The van der Waals surface area contributed by atoms with Crippen LogP contribution in [-0.2, 0) is 17.9 Å². The molecule has 0 radical (unpaired) electrons. The molecule has 0 fully saturated rings. The number of alkyl halides is 3. The number of nitrogens with two attached hydrogens (primary N) is 1. The lowest BCUT2D eigenvalue weighted by Gasteiger charge is -2.17. The third kappa shape index (κ3) is 5.69. The minimum atomic E-state index is -4.70. The molecule has 0 unspecified atom stereocenters. The molecule has 0 atom stereocenters. The van der Waals surface area contributed by atoms with E-state index in [2.05, 4.69) is 10.3 Å². The zero-order chi connectivity index (χ0) is 20.1. The summed E-state index contributed by atoms with van der Waals surface area (Å²) in [6.07, 6.45) is -3.56. The average molecular weight is 369 g/mol. The summed E-state index contributed by atoms with van der Waals surface area (Å²) in [6.45, 7) is 8.74. The molecule has 1 amide bonds. The number of nitrogens with one attached hydrogen (secondary N) is 1. The van der Waals surface area contributed by atoms with Gasteiger partial charge in [0.1, 0.15) is 0 Å². The molecule has 7 heteroatoms. The van der Waals surface area contributed by atoms with Crippen LogP contribution in [0.15, 0.2) is 28.8 Å². The quantitative estimate of drug-likeness (QED) is 0.593. The van der Waals surface area contributed by atoms with Crippen molar-refractivity contribution in [3.8, 4) is 0 Å². The Morgan fingerprint density at radius 2 is 1.81 bits per heavy atom. The van der Waals surface area contributed by atoms with Gasteiger partial charge in [-0.2, -0.15) is 13.2 Å². The number of benzene rings is 1. The van der Waals surface area contributed by atoms with Gasteiger partial charge in [0.25, 0.3) is 5.91 Å². The smallest absolute Gasteiger partial charge is 0.348 e. The van der Waals surface area contributed by atoms with E-state index in [1.54, 1.807) is 0 Å². The first-order valence-corrected chi connectivity index (χ1v) is 8.40. The van der Waals surface area contributed by atoms with Crippen molar-refractivity contribution < 1.29 is 18.0 Å². The number of rotatable bonds is 6. The second-order valence-electron chi connectivity index (χ2n) is 6.37. The van der Waals surface area contributed by atoms with E-state index < -0.39 is 29.4 Å². The fourth-order valence-electron chi connectivity index (χ4n) is 2.67. The molecule has 0 aromatic heterocycles. The van der Waals surface area contributed by atoms with Crippen molar-refractivity contribution in [3.63, 3.8) is 0 Å². The molecule has 1 aromatic rings. The first-order chi connectivity index (χ1) is 12.0. The van der Waals surface area contributed by atoms with Crippen molar-refractivity contribution in [2.75, 3.05) is 0 Å². The van der Waals surface area contributed by atoms with Crippen LogP contribution in [0, 0.1) is 13.8 Å². The molecule has 0 aliphatic carbocycles. The van der Waals surface area contributed by atoms with Crippen LogP contribution < -0.4 is 11.1 Å². The zero-order valence-electron chi connectivity index (χ0n) is 15.8. The number of carbonyl (C=O) groups is 1. The van der Waals surface area contributed by atoms with Crippen molar-refractivity contribution in [1.29, 1.82) is 0 Å². The van der Waals surface area contributed by atoms with Gasteiger partial charge in [0.05, 0.1) is 5.57 Å². The summed E-state index contributed by atoms with van der Waals surface area (Å²) in [4.78, 5) is 16.0. The lowest BCUT2D eigenvalue weighted by Crippen LogP contribution is -2.35. The first-order valence-electron chi connectivity index (χ1n) is 8.40. The lowest BCUT2D eigenvalue weighted by molar-refractivity contribution is -0.117. The summed E-state index contributed by atoms with van der Waals surface area (Å²) in [5, 5.41) is 2.58. The predicted octanol–water partition coefficient (Wildman–Crippen LogP) is 3.74. The predicted molar refractivity (Wildman–Crippen MR) is 98.0 cm³/mol. The van der Waals surface area contributed by atoms with E-state index >= 15 is 0 Å².